The summed E-state index contributed by atoms with van der Waals surface area (Å²) in [5, 5.41) is 0. The van der Waals surface area contributed by atoms with Gasteiger partial charge in [-0.1, -0.05) is 0 Å². The highest BCUT2D eigenvalue weighted by atomic mass is 16.7. The number of hydrogen-bond donors (Lipinski definition) is 1. The summed E-state index contributed by atoms with van der Waals surface area (Å²) in [5.74, 6) is -14.5. The van der Waals surface area contributed by atoms with Crippen LogP contribution in [-0.2, 0) is 143 Å². The summed E-state index contributed by atoms with van der Waals surface area (Å²) in [6, 6.07) is -1.77. The summed E-state index contributed by atoms with van der Waals surface area (Å²) in [5.41, 5.74) is 5.70. The van der Waals surface area contributed by atoms with Crippen LogP contribution in [0.25, 0.3) is 0 Å². The van der Waals surface area contributed by atoms with E-state index in [0.717, 1.165) is 92.9 Å². The van der Waals surface area contributed by atoms with E-state index in [1.165, 1.54) is 6.92 Å². The maximum atomic E-state index is 15.4. The van der Waals surface area contributed by atoms with E-state index in [2.05, 4.69) is 0 Å². The molecule has 0 aromatic carbocycles. The van der Waals surface area contributed by atoms with E-state index >= 15 is 9.59 Å². The van der Waals surface area contributed by atoms with Gasteiger partial charge in [-0.05, 0) is 19.8 Å². The Balaban J connectivity index is 2.32. The number of nitrogens with zero attached hydrogens (tertiary/aromatic N) is 2. The van der Waals surface area contributed by atoms with E-state index in [1.807, 2.05) is 0 Å². The van der Waals surface area contributed by atoms with Gasteiger partial charge in [0.25, 0.3) is 0 Å². The standard InChI is InChI=1S/C53H75N3O30/c1-23(53(71)55(19-42(54)69)16-14-36-44(75-27(5)60)50(81-33(11)66)47(78-30(8)63)39(84-36)20-72-24(2)57)56(17-15-37-45(76-28(6)61)51(82-34(12)67)48(79-31(9)64)40(85-37)21-73-25(3)58)43(70)18-38-46(77-29(7)62)52(83-35(13)68)49(80-32(10)65)41(86-38)22-74-26(4)59/h23,36-41,44-52H,14-22H2,1-13H3,(H2,54,69)/t23-,36+,37+,38-,39+,40+,41-,44-,45-,46+,47-,48-,49+,50+,51+,52-/m1/s1. The third-order valence-corrected chi connectivity index (χ3v) is 12.8. The Morgan fingerprint density at radius 1 is 0.360 bits per heavy atom. The fourth-order valence-electron chi connectivity index (χ4n) is 9.81. The van der Waals surface area contributed by atoms with Crippen molar-refractivity contribution in [3.8, 4) is 0 Å². The third-order valence-electron chi connectivity index (χ3n) is 12.8. The van der Waals surface area contributed by atoms with Crippen molar-refractivity contribution in [2.45, 2.75) is 207 Å². The molecule has 3 heterocycles. The quantitative estimate of drug-likeness (QED) is 0.0691. The molecule has 16 atom stereocenters. The predicted molar refractivity (Wildman–Crippen MR) is 277 cm³/mol. The summed E-state index contributed by atoms with van der Waals surface area (Å²) < 4.78 is 84.1. The molecule has 3 amide bonds. The van der Waals surface area contributed by atoms with Crippen molar-refractivity contribution < 1.29 is 143 Å². The van der Waals surface area contributed by atoms with Crippen LogP contribution in [0.3, 0.4) is 0 Å². The lowest BCUT2D eigenvalue weighted by Gasteiger charge is -2.46. The van der Waals surface area contributed by atoms with Crippen molar-refractivity contribution in [1.82, 2.24) is 9.80 Å². The minimum Gasteiger partial charge on any atom is -0.463 e. The van der Waals surface area contributed by atoms with Gasteiger partial charge in [0.05, 0.1) is 13.0 Å². The molecule has 0 bridgehead atoms. The second-order valence-electron chi connectivity index (χ2n) is 20.0. The number of nitrogens with two attached hydrogens (primary N) is 1. The van der Waals surface area contributed by atoms with Gasteiger partial charge in [-0.3, -0.25) is 71.9 Å². The van der Waals surface area contributed by atoms with Crippen LogP contribution in [-0.4, -0.2) is 236 Å². The lowest BCUT2D eigenvalue weighted by atomic mass is 9.91. The van der Waals surface area contributed by atoms with Gasteiger partial charge in [0.15, 0.2) is 54.9 Å². The minimum absolute atomic E-state index is 0.450. The molecule has 0 aromatic heterocycles. The second-order valence-corrected chi connectivity index (χ2v) is 20.0. The first-order valence-electron chi connectivity index (χ1n) is 26.9. The summed E-state index contributed by atoms with van der Waals surface area (Å²) in [7, 11) is 0. The molecule has 0 saturated carbocycles. The molecular formula is C53H75N3O30. The van der Waals surface area contributed by atoms with Crippen LogP contribution >= 0.6 is 0 Å². The Hall–Kier alpha value is -8.07. The molecule has 2 N–H and O–H groups in total. The number of carbonyl (C=O) groups excluding carboxylic acids is 15. The van der Waals surface area contributed by atoms with Gasteiger partial charge in [0.2, 0.25) is 17.7 Å². The van der Waals surface area contributed by atoms with Gasteiger partial charge >= 0.3 is 71.6 Å². The van der Waals surface area contributed by atoms with Gasteiger partial charge in [0, 0.05) is 96.2 Å². The number of ether oxygens (including phenoxy) is 15. The zero-order chi connectivity index (χ0) is 65.0. The van der Waals surface area contributed by atoms with E-state index in [-0.39, 0.29) is 0 Å². The largest absolute Gasteiger partial charge is 0.463 e. The first-order chi connectivity index (χ1) is 40.1. The fraction of sp³-hybridized carbons (Fsp3) is 0.717. The Morgan fingerprint density at radius 3 is 0.895 bits per heavy atom. The molecule has 0 aromatic rings. The smallest absolute Gasteiger partial charge is 0.303 e. The van der Waals surface area contributed by atoms with Crippen LogP contribution in [0.15, 0.2) is 0 Å². The first-order valence-corrected chi connectivity index (χ1v) is 26.9. The molecule has 482 valence electrons. The monoisotopic (exact) mass is 1230 g/mol. The molecule has 3 rings (SSSR count). The van der Waals surface area contributed by atoms with E-state index in [0.29, 0.717) is 0 Å². The second kappa shape index (κ2) is 33.6. The van der Waals surface area contributed by atoms with Crippen LogP contribution in [0.2, 0.25) is 0 Å². The molecule has 0 radical (unpaired) electrons. The SMILES string of the molecule is CC(=O)OC[C@@H]1O[C@@H](CCN(CC(N)=O)C(=O)[C@@H](C)N(CC[C@@H]2O[C@@H](COC(C)=O)[C@@H](OC(C)=O)[C@@H](OC(C)=O)[C@@H]2OC(C)=O)C(=O)C[C@H]2O[C@H](COC(C)=O)[C@H](OC(C)=O)[C@H](OC(C)=O)[C@H]2OC(C)=O)[C@@H](OC(C)=O)[C@H](OC(C)=O)[C@@H]1OC(C)=O. The predicted octanol–water partition coefficient (Wildman–Crippen LogP) is -1.94. The fourth-order valence-corrected chi connectivity index (χ4v) is 9.81. The van der Waals surface area contributed by atoms with Crippen LogP contribution in [0.1, 0.15) is 109 Å². The van der Waals surface area contributed by atoms with Gasteiger partial charge in [-0.25, -0.2) is 0 Å². The van der Waals surface area contributed by atoms with Crippen LogP contribution in [0, 0.1) is 0 Å². The van der Waals surface area contributed by atoms with Crippen LogP contribution in [0.5, 0.6) is 0 Å². The molecule has 3 fully saturated rings. The number of esters is 12. The van der Waals surface area contributed by atoms with Crippen molar-refractivity contribution in [3.05, 3.63) is 0 Å². The van der Waals surface area contributed by atoms with Crippen molar-refractivity contribution in [1.29, 1.82) is 0 Å². The molecule has 33 nitrogen and oxygen atoms in total. The molecular weight excluding hydrogens is 1160 g/mol. The third kappa shape index (κ3) is 22.7. The molecule has 0 unspecified atom stereocenters. The van der Waals surface area contributed by atoms with E-state index in [9.17, 15) is 62.3 Å². The van der Waals surface area contributed by atoms with Crippen molar-refractivity contribution in [2.24, 2.45) is 5.73 Å². The van der Waals surface area contributed by atoms with E-state index in [4.69, 9.17) is 76.8 Å². The number of amides is 3. The molecule has 86 heavy (non-hydrogen) atoms. The van der Waals surface area contributed by atoms with Gasteiger partial charge < -0.3 is 86.6 Å². The van der Waals surface area contributed by atoms with Gasteiger partial charge in [0.1, 0.15) is 62.5 Å². The summed E-state index contributed by atoms with van der Waals surface area (Å²) >= 11 is 0. The Bertz CT molecular complexity index is 2520. The number of primary amides is 1. The highest BCUT2D eigenvalue weighted by Crippen LogP contribution is 2.35. The topological polar surface area (TPSA) is 427 Å². The number of carbonyl (C=O) groups is 15. The van der Waals surface area contributed by atoms with E-state index in [1.54, 1.807) is 0 Å². The van der Waals surface area contributed by atoms with Gasteiger partial charge in [-0.2, -0.15) is 0 Å². The minimum atomic E-state index is -1.81. The summed E-state index contributed by atoms with van der Waals surface area (Å²) in [6.45, 7) is 9.03. The number of hydrogen-bond acceptors (Lipinski definition) is 30. The molecule has 3 aliphatic heterocycles. The highest BCUT2D eigenvalue weighted by molar-refractivity contribution is 5.90. The molecule has 3 saturated heterocycles. The molecule has 0 aliphatic carbocycles. The zero-order valence-electron chi connectivity index (χ0n) is 49.8. The summed E-state index contributed by atoms with van der Waals surface area (Å²) in [4.78, 5) is 195. The summed E-state index contributed by atoms with van der Waals surface area (Å²) in [6.07, 6.45) is -26.1. The maximum absolute atomic E-state index is 15.4. The average molecular weight is 1230 g/mol. The zero-order valence-corrected chi connectivity index (χ0v) is 49.8. The maximum Gasteiger partial charge on any atom is 0.303 e. The highest BCUT2D eigenvalue weighted by Gasteiger charge is 2.56. The van der Waals surface area contributed by atoms with Crippen molar-refractivity contribution in [2.75, 3.05) is 39.5 Å². The van der Waals surface area contributed by atoms with Crippen molar-refractivity contribution >= 4 is 89.4 Å². The van der Waals surface area contributed by atoms with Crippen molar-refractivity contribution in [3.63, 3.8) is 0 Å². The molecule has 33 heteroatoms. The lowest BCUT2D eigenvalue weighted by Crippen LogP contribution is -2.64. The van der Waals surface area contributed by atoms with E-state index < -0.39 is 246 Å². The normalized spacial score (nSPS) is 27.1. The molecule has 0 spiro atoms. The first kappa shape index (κ1) is 72.2. The Labute approximate surface area is 493 Å². The molecule has 3 aliphatic rings. The average Bonchev–Trinajstić information content (AvgIpc) is 0.930. The Morgan fingerprint density at radius 2 is 0.616 bits per heavy atom. The number of rotatable bonds is 27. The van der Waals surface area contributed by atoms with Gasteiger partial charge in [-0.15, -0.1) is 0 Å². The lowest BCUT2D eigenvalue weighted by molar-refractivity contribution is -0.254. The Kier molecular flexibility index (Phi) is 28.2. The van der Waals surface area contributed by atoms with Crippen LogP contribution in [0.4, 0.5) is 0 Å². The van der Waals surface area contributed by atoms with Crippen LogP contribution < -0.4 is 5.73 Å².